The number of hydrogen-bond acceptors (Lipinski definition) is 4. The summed E-state index contributed by atoms with van der Waals surface area (Å²) in [4.78, 5) is 30.2. The van der Waals surface area contributed by atoms with Crippen LogP contribution in [0, 0.1) is 5.82 Å². The molecule has 0 spiro atoms. The SMILES string of the molecule is C[C@@H](NC(=O)c1cc(-c2ccc(F)cn2)cc(C(O)C(F)(F)F)c1)c1ccc(=O)[nH]c1. The molecule has 1 amide bonds. The van der Waals surface area contributed by atoms with Crippen LogP contribution in [0.5, 0.6) is 0 Å². The summed E-state index contributed by atoms with van der Waals surface area (Å²) in [5, 5.41) is 12.3. The van der Waals surface area contributed by atoms with Gasteiger partial charge in [-0.05, 0) is 48.4 Å². The summed E-state index contributed by atoms with van der Waals surface area (Å²) in [5.41, 5.74) is -0.244. The summed E-state index contributed by atoms with van der Waals surface area (Å²) in [7, 11) is 0. The van der Waals surface area contributed by atoms with Gasteiger partial charge in [0.15, 0.2) is 6.10 Å². The first-order valence-electron chi connectivity index (χ1n) is 9.06. The Kier molecular flexibility index (Phi) is 6.21. The minimum absolute atomic E-state index is 0.0997. The van der Waals surface area contributed by atoms with Crippen molar-refractivity contribution in [3.8, 4) is 11.3 Å². The monoisotopic (exact) mass is 435 g/mol. The predicted octanol–water partition coefficient (Wildman–Crippen LogP) is 3.66. The molecule has 31 heavy (non-hydrogen) atoms. The van der Waals surface area contributed by atoms with Gasteiger partial charge in [0, 0.05) is 23.4 Å². The first-order valence-corrected chi connectivity index (χ1v) is 9.06. The van der Waals surface area contributed by atoms with E-state index in [-0.39, 0.29) is 22.4 Å². The molecule has 0 aliphatic rings. The number of nitrogens with one attached hydrogen (secondary N) is 2. The molecule has 2 atom stereocenters. The van der Waals surface area contributed by atoms with Crippen LogP contribution in [-0.4, -0.2) is 27.2 Å². The molecule has 0 aliphatic carbocycles. The van der Waals surface area contributed by atoms with E-state index in [1.54, 1.807) is 6.92 Å². The first kappa shape index (κ1) is 22.2. The summed E-state index contributed by atoms with van der Waals surface area (Å²) >= 11 is 0. The van der Waals surface area contributed by atoms with Crippen LogP contribution in [0.2, 0.25) is 0 Å². The number of alkyl halides is 3. The fraction of sp³-hybridized carbons (Fsp3) is 0.190. The first-order chi connectivity index (χ1) is 14.5. The second kappa shape index (κ2) is 8.68. The Bertz CT molecular complexity index is 1120. The Morgan fingerprint density at radius 3 is 2.45 bits per heavy atom. The lowest BCUT2D eigenvalue weighted by Gasteiger charge is -2.18. The highest BCUT2D eigenvalue weighted by Gasteiger charge is 2.39. The Labute approximate surface area is 173 Å². The van der Waals surface area contributed by atoms with Crippen molar-refractivity contribution < 1.29 is 27.5 Å². The molecule has 10 heteroatoms. The van der Waals surface area contributed by atoms with Crippen LogP contribution in [-0.2, 0) is 0 Å². The number of aliphatic hydroxyl groups excluding tert-OH is 1. The zero-order valence-electron chi connectivity index (χ0n) is 16.1. The quantitative estimate of drug-likeness (QED) is 0.533. The van der Waals surface area contributed by atoms with Crippen LogP contribution in [0.3, 0.4) is 0 Å². The van der Waals surface area contributed by atoms with Crippen molar-refractivity contribution in [1.29, 1.82) is 0 Å². The number of hydrogen-bond donors (Lipinski definition) is 3. The molecule has 0 radical (unpaired) electrons. The summed E-state index contributed by atoms with van der Waals surface area (Å²) in [6.07, 6.45) is -5.48. The summed E-state index contributed by atoms with van der Waals surface area (Å²) < 4.78 is 52.4. The standard InChI is InChI=1S/C21H17F4N3O3/c1-11(12-2-5-18(29)27-9-12)28-20(31)15-7-13(17-4-3-16(22)10-26-17)6-14(8-15)19(30)21(23,24)25/h2-11,19,30H,1H3,(H,27,29)(H,28,31)/t11-,19?/m1/s1. The summed E-state index contributed by atoms with van der Waals surface area (Å²) in [6.45, 7) is 1.63. The van der Waals surface area contributed by atoms with Crippen molar-refractivity contribution in [2.75, 3.05) is 0 Å². The van der Waals surface area contributed by atoms with Crippen molar-refractivity contribution >= 4 is 5.91 Å². The van der Waals surface area contributed by atoms with Gasteiger partial charge in [-0.15, -0.1) is 0 Å². The zero-order valence-corrected chi connectivity index (χ0v) is 16.1. The molecule has 0 saturated heterocycles. The number of aliphatic hydroxyl groups is 1. The van der Waals surface area contributed by atoms with Gasteiger partial charge in [0.25, 0.3) is 5.91 Å². The highest BCUT2D eigenvalue weighted by molar-refractivity contribution is 5.96. The third-order valence-electron chi connectivity index (χ3n) is 4.52. The molecule has 0 saturated carbocycles. The van der Waals surface area contributed by atoms with E-state index in [0.29, 0.717) is 5.56 Å². The maximum Gasteiger partial charge on any atom is 0.418 e. The van der Waals surface area contributed by atoms with E-state index in [9.17, 15) is 32.3 Å². The number of H-pyrrole nitrogens is 1. The molecular weight excluding hydrogens is 418 g/mol. The lowest BCUT2D eigenvalue weighted by atomic mass is 9.98. The molecule has 1 unspecified atom stereocenters. The fourth-order valence-electron chi connectivity index (χ4n) is 2.88. The number of nitrogens with zero attached hydrogens (tertiary/aromatic N) is 1. The molecule has 0 fully saturated rings. The van der Waals surface area contributed by atoms with Gasteiger partial charge in [-0.1, -0.05) is 6.07 Å². The van der Waals surface area contributed by atoms with Gasteiger partial charge in [-0.3, -0.25) is 14.6 Å². The largest absolute Gasteiger partial charge is 0.418 e. The van der Waals surface area contributed by atoms with E-state index < -0.39 is 35.6 Å². The smallest absolute Gasteiger partial charge is 0.379 e. The van der Waals surface area contributed by atoms with Gasteiger partial charge < -0.3 is 15.4 Å². The van der Waals surface area contributed by atoms with Gasteiger partial charge in [-0.2, -0.15) is 13.2 Å². The van der Waals surface area contributed by atoms with Gasteiger partial charge in [-0.25, -0.2) is 4.39 Å². The second-order valence-corrected chi connectivity index (χ2v) is 6.83. The zero-order chi connectivity index (χ0) is 22.8. The highest BCUT2D eigenvalue weighted by Crippen LogP contribution is 2.35. The molecular formula is C21H17F4N3O3. The maximum atomic E-state index is 13.2. The molecule has 3 aromatic rings. The van der Waals surface area contributed by atoms with Gasteiger partial charge >= 0.3 is 6.18 Å². The third kappa shape index (κ3) is 5.34. The van der Waals surface area contributed by atoms with Crippen molar-refractivity contribution in [3.05, 3.63) is 87.7 Å². The van der Waals surface area contributed by atoms with E-state index >= 15 is 0 Å². The second-order valence-electron chi connectivity index (χ2n) is 6.83. The highest BCUT2D eigenvalue weighted by atomic mass is 19.4. The lowest BCUT2D eigenvalue weighted by Crippen LogP contribution is -2.28. The molecule has 3 rings (SSSR count). The Morgan fingerprint density at radius 2 is 1.87 bits per heavy atom. The van der Waals surface area contributed by atoms with E-state index in [0.717, 1.165) is 24.4 Å². The van der Waals surface area contributed by atoms with Crippen molar-refractivity contribution in [3.63, 3.8) is 0 Å². The van der Waals surface area contributed by atoms with Crippen LogP contribution < -0.4 is 10.9 Å². The number of aromatic nitrogens is 2. The average molecular weight is 435 g/mol. The number of amides is 1. The average Bonchev–Trinajstić information content (AvgIpc) is 2.73. The number of rotatable bonds is 5. The Hall–Kier alpha value is -3.53. The number of pyridine rings is 2. The van der Waals surface area contributed by atoms with Gasteiger partial charge in [0.1, 0.15) is 5.82 Å². The molecule has 0 aliphatic heterocycles. The molecule has 1 aromatic carbocycles. The third-order valence-corrected chi connectivity index (χ3v) is 4.52. The minimum atomic E-state index is -4.95. The molecule has 6 nitrogen and oxygen atoms in total. The molecule has 2 aromatic heterocycles. The fourth-order valence-corrected chi connectivity index (χ4v) is 2.88. The Morgan fingerprint density at radius 1 is 1.13 bits per heavy atom. The molecule has 2 heterocycles. The Balaban J connectivity index is 1.98. The minimum Gasteiger partial charge on any atom is -0.379 e. The van der Waals surface area contributed by atoms with E-state index in [1.165, 1.54) is 30.5 Å². The van der Waals surface area contributed by atoms with Crippen LogP contribution in [0.15, 0.2) is 59.7 Å². The van der Waals surface area contributed by atoms with Crippen LogP contribution in [0.1, 0.15) is 40.6 Å². The van der Waals surface area contributed by atoms with Crippen LogP contribution >= 0.6 is 0 Å². The molecule has 0 bridgehead atoms. The van der Waals surface area contributed by atoms with Crippen LogP contribution in [0.4, 0.5) is 17.6 Å². The van der Waals surface area contributed by atoms with Crippen molar-refractivity contribution in [2.24, 2.45) is 0 Å². The number of aromatic amines is 1. The predicted molar refractivity (Wildman–Crippen MR) is 104 cm³/mol. The maximum absolute atomic E-state index is 13.2. The number of halogens is 4. The summed E-state index contributed by atoms with van der Waals surface area (Å²) in [5.74, 6) is -1.35. The van der Waals surface area contributed by atoms with Crippen molar-refractivity contribution in [1.82, 2.24) is 15.3 Å². The molecule has 3 N–H and O–H groups in total. The summed E-state index contributed by atoms with van der Waals surface area (Å²) in [6, 6.07) is 7.79. The number of carbonyl (C=O) groups is 1. The van der Waals surface area contributed by atoms with E-state index in [2.05, 4.69) is 15.3 Å². The number of carbonyl (C=O) groups excluding carboxylic acids is 1. The van der Waals surface area contributed by atoms with Gasteiger partial charge in [0.2, 0.25) is 5.56 Å². The van der Waals surface area contributed by atoms with E-state index in [4.69, 9.17) is 0 Å². The molecule has 162 valence electrons. The van der Waals surface area contributed by atoms with Gasteiger partial charge in [0.05, 0.1) is 17.9 Å². The normalized spacial score (nSPS) is 13.5. The number of benzene rings is 1. The van der Waals surface area contributed by atoms with E-state index in [1.807, 2.05) is 0 Å². The van der Waals surface area contributed by atoms with Crippen molar-refractivity contribution in [2.45, 2.75) is 25.2 Å². The lowest BCUT2D eigenvalue weighted by molar-refractivity contribution is -0.206. The topological polar surface area (TPSA) is 95.1 Å². The van der Waals surface area contributed by atoms with Crippen LogP contribution in [0.25, 0.3) is 11.3 Å².